The zero-order valence-electron chi connectivity index (χ0n) is 16.2. The molecule has 0 saturated carbocycles. The molecule has 0 aliphatic heterocycles. The Balaban J connectivity index is 3.14. The maximum atomic E-state index is 8.90. The van der Waals surface area contributed by atoms with E-state index in [0.717, 1.165) is 18.6 Å². The van der Waals surface area contributed by atoms with E-state index in [9.17, 15) is 0 Å². The minimum atomic E-state index is -1.92. The summed E-state index contributed by atoms with van der Waals surface area (Å²) in [6.45, 7) is 18.2. The predicted molar refractivity (Wildman–Crippen MR) is 101 cm³/mol. The largest absolute Gasteiger partial charge is 0.546 e. The summed E-state index contributed by atoms with van der Waals surface area (Å²) in [5.74, 6) is 2.01. The highest BCUT2D eigenvalue weighted by Gasteiger charge is 2.47. The molecule has 0 heterocycles. The van der Waals surface area contributed by atoms with Crippen LogP contribution in [0, 0.1) is 11.8 Å². The molecule has 1 rings (SSSR count). The summed E-state index contributed by atoms with van der Waals surface area (Å²) >= 11 is 0. The summed E-state index contributed by atoms with van der Waals surface area (Å²) in [5.41, 5.74) is 10.6. The van der Waals surface area contributed by atoms with Crippen LogP contribution in [-0.2, 0) is 4.43 Å². The molecule has 132 valence electrons. The number of hydrogen-bond donors (Lipinski definition) is 0. The number of hydrogen-bond acceptors (Lipinski definition) is 2. The fourth-order valence-electron chi connectivity index (χ4n) is 4.45. The second-order valence-corrected chi connectivity index (χ2v) is 13.6. The normalized spacial score (nSPS) is 22.5. The fourth-order valence-corrected chi connectivity index (χ4v) is 9.78. The Bertz CT molecular complexity index is 443. The molecule has 1 aliphatic rings. The molecule has 0 saturated heterocycles. The van der Waals surface area contributed by atoms with Gasteiger partial charge in [0.05, 0.1) is 11.8 Å². The standard InChI is InChI=1S/C18H35N3OSi/c1-12(2)17-10-9-16(11-18(17)20-21-19)22-23(13(3)4,14(5)6)15(7)8/h11-15,17-18H,9-10H2,1-8H3/t17-,18+/m0/s1. The van der Waals surface area contributed by atoms with E-state index in [4.69, 9.17) is 9.96 Å². The van der Waals surface area contributed by atoms with Gasteiger partial charge in [0.15, 0.2) is 0 Å². The van der Waals surface area contributed by atoms with Crippen molar-refractivity contribution in [2.24, 2.45) is 17.0 Å². The molecule has 2 atom stereocenters. The minimum absolute atomic E-state index is 0.0677. The summed E-state index contributed by atoms with van der Waals surface area (Å²) in [6, 6.07) is -0.0677. The van der Waals surface area contributed by atoms with Gasteiger partial charge in [0, 0.05) is 11.3 Å². The Kier molecular flexibility index (Phi) is 7.21. The lowest BCUT2D eigenvalue weighted by Crippen LogP contribution is -2.48. The average Bonchev–Trinajstić information content (AvgIpc) is 2.43. The first-order valence-electron chi connectivity index (χ1n) is 9.10. The topological polar surface area (TPSA) is 58.0 Å². The van der Waals surface area contributed by atoms with Gasteiger partial charge >= 0.3 is 0 Å². The predicted octanol–water partition coefficient (Wildman–Crippen LogP) is 6.81. The van der Waals surface area contributed by atoms with Crippen molar-refractivity contribution in [3.63, 3.8) is 0 Å². The molecular formula is C18H35N3OSi. The maximum absolute atomic E-state index is 8.90. The van der Waals surface area contributed by atoms with Gasteiger partial charge in [-0.3, -0.25) is 0 Å². The van der Waals surface area contributed by atoms with Crippen LogP contribution in [0.15, 0.2) is 16.9 Å². The van der Waals surface area contributed by atoms with Gasteiger partial charge in [-0.2, -0.15) is 0 Å². The van der Waals surface area contributed by atoms with Gasteiger partial charge in [0.2, 0.25) is 0 Å². The van der Waals surface area contributed by atoms with Gasteiger partial charge < -0.3 is 4.43 Å². The van der Waals surface area contributed by atoms with Crippen LogP contribution >= 0.6 is 0 Å². The Morgan fingerprint density at radius 2 is 1.61 bits per heavy atom. The van der Waals surface area contributed by atoms with E-state index >= 15 is 0 Å². The Hall–Kier alpha value is -0.933. The molecule has 0 bridgehead atoms. The van der Waals surface area contributed by atoms with Crippen molar-refractivity contribution in [1.82, 2.24) is 0 Å². The summed E-state index contributed by atoms with van der Waals surface area (Å²) < 4.78 is 6.78. The molecule has 5 heteroatoms. The first-order valence-corrected chi connectivity index (χ1v) is 11.2. The number of nitrogens with zero attached hydrogens (tertiary/aromatic N) is 3. The Labute approximate surface area is 143 Å². The van der Waals surface area contributed by atoms with E-state index in [2.05, 4.69) is 71.5 Å². The lowest BCUT2D eigenvalue weighted by molar-refractivity contribution is 0.266. The third-order valence-electron chi connectivity index (χ3n) is 5.58. The molecular weight excluding hydrogens is 302 g/mol. The summed E-state index contributed by atoms with van der Waals surface area (Å²) in [6.07, 6.45) is 4.13. The highest BCUT2D eigenvalue weighted by Crippen LogP contribution is 2.45. The molecule has 0 aromatic carbocycles. The zero-order chi connectivity index (χ0) is 17.8. The number of allylic oxidation sites excluding steroid dienone is 1. The lowest BCUT2D eigenvalue weighted by Gasteiger charge is -2.44. The van der Waals surface area contributed by atoms with Crippen LogP contribution < -0.4 is 0 Å². The quantitative estimate of drug-likeness (QED) is 0.218. The van der Waals surface area contributed by atoms with Crippen molar-refractivity contribution in [3.05, 3.63) is 22.3 Å². The van der Waals surface area contributed by atoms with Crippen molar-refractivity contribution in [2.75, 3.05) is 0 Å². The molecule has 0 radical (unpaired) electrons. The zero-order valence-corrected chi connectivity index (χ0v) is 17.2. The van der Waals surface area contributed by atoms with Gasteiger partial charge in [-0.05, 0) is 46.5 Å². The molecule has 0 N–H and O–H groups in total. The van der Waals surface area contributed by atoms with Gasteiger partial charge in [-0.15, -0.1) is 0 Å². The minimum Gasteiger partial charge on any atom is -0.546 e. The molecule has 0 fully saturated rings. The van der Waals surface area contributed by atoms with Gasteiger partial charge in [0.1, 0.15) is 0 Å². The second kappa shape index (κ2) is 8.25. The highest BCUT2D eigenvalue weighted by molar-refractivity contribution is 6.77. The number of rotatable bonds is 7. The summed E-state index contributed by atoms with van der Waals surface area (Å²) in [4.78, 5) is 3.06. The van der Waals surface area contributed by atoms with Crippen molar-refractivity contribution in [2.45, 2.75) is 90.9 Å². The van der Waals surface area contributed by atoms with Crippen molar-refractivity contribution < 1.29 is 4.43 Å². The average molecular weight is 338 g/mol. The van der Waals surface area contributed by atoms with Crippen LogP contribution in [0.1, 0.15) is 68.2 Å². The first kappa shape index (κ1) is 20.1. The first-order chi connectivity index (χ1) is 10.7. The molecule has 0 unspecified atom stereocenters. The van der Waals surface area contributed by atoms with E-state index in [1.807, 2.05) is 0 Å². The summed E-state index contributed by atoms with van der Waals surface area (Å²) in [7, 11) is -1.92. The van der Waals surface area contributed by atoms with Crippen molar-refractivity contribution >= 4 is 8.32 Å². The molecule has 1 aliphatic carbocycles. The number of azide groups is 1. The van der Waals surface area contributed by atoms with Crippen LogP contribution in [0.25, 0.3) is 10.4 Å². The third kappa shape index (κ3) is 4.33. The van der Waals surface area contributed by atoms with E-state index in [1.54, 1.807) is 0 Å². The maximum Gasteiger partial charge on any atom is 0.258 e. The fraction of sp³-hybridized carbons (Fsp3) is 0.889. The SMILES string of the molecule is CC(C)[C@@H]1CCC(O[Si](C(C)C)(C(C)C)C(C)C)=C[C@H]1N=[N+]=[N-]. The molecule has 0 amide bonds. The lowest BCUT2D eigenvalue weighted by atomic mass is 9.81. The van der Waals surface area contributed by atoms with E-state index in [-0.39, 0.29) is 6.04 Å². The third-order valence-corrected chi connectivity index (χ3v) is 11.6. The highest BCUT2D eigenvalue weighted by atomic mass is 28.4. The van der Waals surface area contributed by atoms with Crippen LogP contribution in [0.5, 0.6) is 0 Å². The van der Waals surface area contributed by atoms with Crippen molar-refractivity contribution in [3.8, 4) is 0 Å². The van der Waals surface area contributed by atoms with Gasteiger partial charge in [-0.25, -0.2) is 0 Å². The van der Waals surface area contributed by atoms with Crippen molar-refractivity contribution in [1.29, 1.82) is 0 Å². The van der Waals surface area contributed by atoms with Crippen LogP contribution in [0.3, 0.4) is 0 Å². The molecule has 23 heavy (non-hydrogen) atoms. The molecule has 4 nitrogen and oxygen atoms in total. The molecule has 0 aromatic rings. The monoisotopic (exact) mass is 337 g/mol. The van der Waals surface area contributed by atoms with Crippen LogP contribution in [0.4, 0.5) is 0 Å². The Morgan fingerprint density at radius 3 is 2.00 bits per heavy atom. The smallest absolute Gasteiger partial charge is 0.258 e. The van der Waals surface area contributed by atoms with Gasteiger partial charge in [-0.1, -0.05) is 60.5 Å². The summed E-state index contributed by atoms with van der Waals surface area (Å²) in [5, 5.41) is 4.04. The second-order valence-electron chi connectivity index (χ2n) is 8.19. The Morgan fingerprint density at radius 1 is 1.09 bits per heavy atom. The van der Waals surface area contributed by atoms with E-state index in [1.165, 1.54) is 0 Å². The van der Waals surface area contributed by atoms with Crippen LogP contribution in [0.2, 0.25) is 16.6 Å². The van der Waals surface area contributed by atoms with Gasteiger partial charge in [0.25, 0.3) is 8.32 Å². The van der Waals surface area contributed by atoms with E-state index < -0.39 is 8.32 Å². The van der Waals surface area contributed by atoms with E-state index in [0.29, 0.717) is 28.5 Å². The van der Waals surface area contributed by atoms with Crippen LogP contribution in [-0.4, -0.2) is 14.4 Å². The molecule has 0 aromatic heterocycles. The molecule has 0 spiro atoms.